The normalized spacial score (nSPS) is 18.0. The molecule has 0 saturated heterocycles. The summed E-state index contributed by atoms with van der Waals surface area (Å²) < 4.78 is 0. The van der Waals surface area contributed by atoms with Gasteiger partial charge in [0, 0.05) is 0 Å². The summed E-state index contributed by atoms with van der Waals surface area (Å²) in [5.41, 5.74) is 0. The second-order valence-corrected chi connectivity index (χ2v) is 8.48. The van der Waals surface area contributed by atoms with E-state index in [1.165, 1.54) is 44.9 Å². The SMILES string of the molecule is CCCC(CCCC(C)C(C)CCC(C)C(C)C)C(C)C. The first-order valence-corrected chi connectivity index (χ1v) is 9.79. The van der Waals surface area contributed by atoms with Crippen molar-refractivity contribution in [3.63, 3.8) is 0 Å². The zero-order valence-corrected chi connectivity index (χ0v) is 16.4. The average molecular weight is 297 g/mol. The van der Waals surface area contributed by atoms with Crippen LogP contribution in [0.1, 0.15) is 100 Å². The van der Waals surface area contributed by atoms with E-state index in [0.29, 0.717) is 0 Å². The lowest BCUT2D eigenvalue weighted by atomic mass is 9.81. The van der Waals surface area contributed by atoms with Gasteiger partial charge < -0.3 is 0 Å². The molecule has 0 bridgehead atoms. The first kappa shape index (κ1) is 21.0. The summed E-state index contributed by atoms with van der Waals surface area (Å²) in [4.78, 5) is 0. The molecule has 0 aliphatic carbocycles. The molecule has 4 unspecified atom stereocenters. The van der Waals surface area contributed by atoms with Gasteiger partial charge in [-0.25, -0.2) is 0 Å². The fraction of sp³-hybridized carbons (Fsp3) is 1.00. The largest absolute Gasteiger partial charge is 0.0654 e. The van der Waals surface area contributed by atoms with Crippen molar-refractivity contribution in [2.24, 2.45) is 35.5 Å². The topological polar surface area (TPSA) is 0 Å². The van der Waals surface area contributed by atoms with Gasteiger partial charge in [-0.05, 0) is 35.5 Å². The minimum atomic E-state index is 0.841. The molecule has 21 heavy (non-hydrogen) atoms. The van der Waals surface area contributed by atoms with E-state index >= 15 is 0 Å². The number of hydrogen-bond donors (Lipinski definition) is 0. The van der Waals surface area contributed by atoms with Crippen LogP contribution in [-0.2, 0) is 0 Å². The molecule has 0 aromatic carbocycles. The van der Waals surface area contributed by atoms with Crippen molar-refractivity contribution in [2.45, 2.75) is 100 Å². The van der Waals surface area contributed by atoms with Crippen LogP contribution in [0.3, 0.4) is 0 Å². The van der Waals surface area contributed by atoms with Crippen molar-refractivity contribution in [1.82, 2.24) is 0 Å². The van der Waals surface area contributed by atoms with E-state index in [9.17, 15) is 0 Å². The zero-order valence-electron chi connectivity index (χ0n) is 16.4. The maximum atomic E-state index is 2.48. The summed E-state index contributed by atoms with van der Waals surface area (Å²) in [5, 5.41) is 0. The molecule has 0 aliphatic heterocycles. The molecule has 0 spiro atoms. The molecule has 128 valence electrons. The number of hydrogen-bond acceptors (Lipinski definition) is 0. The molecular weight excluding hydrogens is 252 g/mol. The van der Waals surface area contributed by atoms with Gasteiger partial charge in [-0.3, -0.25) is 0 Å². The van der Waals surface area contributed by atoms with Crippen molar-refractivity contribution < 1.29 is 0 Å². The van der Waals surface area contributed by atoms with E-state index in [0.717, 1.165) is 35.5 Å². The second-order valence-electron chi connectivity index (χ2n) is 8.48. The van der Waals surface area contributed by atoms with Gasteiger partial charge in [-0.1, -0.05) is 100 Å². The summed E-state index contributed by atoms with van der Waals surface area (Å²) in [6, 6.07) is 0. The molecule has 0 amide bonds. The standard InChI is InChI=1S/C21H44/c1-9-11-21(17(4)5)13-10-12-19(7)20(8)15-14-18(6)16(2)3/h16-21H,9-15H2,1-8H3. The van der Waals surface area contributed by atoms with Crippen LogP contribution < -0.4 is 0 Å². The Morgan fingerprint density at radius 2 is 1.05 bits per heavy atom. The van der Waals surface area contributed by atoms with Crippen LogP contribution in [-0.4, -0.2) is 0 Å². The maximum Gasteiger partial charge on any atom is -0.0391 e. The maximum absolute atomic E-state index is 2.48. The lowest BCUT2D eigenvalue weighted by Gasteiger charge is -2.25. The highest BCUT2D eigenvalue weighted by molar-refractivity contribution is 4.68. The van der Waals surface area contributed by atoms with Crippen molar-refractivity contribution >= 4 is 0 Å². The molecule has 0 aliphatic rings. The summed E-state index contributed by atoms with van der Waals surface area (Å²) in [6.45, 7) is 19.2. The smallest absolute Gasteiger partial charge is 0.0391 e. The molecular formula is C21H44. The lowest BCUT2D eigenvalue weighted by molar-refractivity contribution is 0.268. The Morgan fingerprint density at radius 3 is 1.52 bits per heavy atom. The Bertz CT molecular complexity index is 228. The minimum Gasteiger partial charge on any atom is -0.0654 e. The lowest BCUT2D eigenvalue weighted by Crippen LogP contribution is -2.13. The Labute approximate surface area is 136 Å². The summed E-state index contributed by atoms with van der Waals surface area (Å²) in [6.07, 6.45) is 9.93. The fourth-order valence-corrected chi connectivity index (χ4v) is 3.31. The summed E-state index contributed by atoms with van der Waals surface area (Å²) in [7, 11) is 0. The highest BCUT2D eigenvalue weighted by Gasteiger charge is 2.17. The quantitative estimate of drug-likeness (QED) is 0.348. The van der Waals surface area contributed by atoms with E-state index in [4.69, 9.17) is 0 Å². The monoisotopic (exact) mass is 296 g/mol. The summed E-state index contributed by atoms with van der Waals surface area (Å²) >= 11 is 0. The molecule has 0 aromatic heterocycles. The molecule has 0 heteroatoms. The van der Waals surface area contributed by atoms with Gasteiger partial charge in [-0.2, -0.15) is 0 Å². The molecule has 0 rings (SSSR count). The van der Waals surface area contributed by atoms with Crippen LogP contribution in [0.5, 0.6) is 0 Å². The summed E-state index contributed by atoms with van der Waals surface area (Å²) in [5.74, 6) is 5.35. The number of rotatable bonds is 12. The van der Waals surface area contributed by atoms with E-state index < -0.39 is 0 Å². The highest BCUT2D eigenvalue weighted by Crippen LogP contribution is 2.29. The zero-order chi connectivity index (χ0) is 16.4. The predicted molar refractivity (Wildman–Crippen MR) is 98.7 cm³/mol. The molecule has 0 saturated carbocycles. The van der Waals surface area contributed by atoms with Gasteiger partial charge in [0.05, 0.1) is 0 Å². The van der Waals surface area contributed by atoms with Crippen molar-refractivity contribution in [3.8, 4) is 0 Å². The van der Waals surface area contributed by atoms with Crippen LogP contribution in [0.2, 0.25) is 0 Å². The van der Waals surface area contributed by atoms with E-state index in [-0.39, 0.29) is 0 Å². The Hall–Kier alpha value is 0. The van der Waals surface area contributed by atoms with Crippen LogP contribution in [0.25, 0.3) is 0 Å². The highest BCUT2D eigenvalue weighted by atomic mass is 14.2. The van der Waals surface area contributed by atoms with E-state index in [1.807, 2.05) is 0 Å². The van der Waals surface area contributed by atoms with Gasteiger partial charge in [0.1, 0.15) is 0 Å². The van der Waals surface area contributed by atoms with Gasteiger partial charge in [0.25, 0.3) is 0 Å². The van der Waals surface area contributed by atoms with E-state index in [1.54, 1.807) is 0 Å². The van der Waals surface area contributed by atoms with Crippen LogP contribution in [0.15, 0.2) is 0 Å². The molecule has 0 fully saturated rings. The van der Waals surface area contributed by atoms with Crippen LogP contribution in [0.4, 0.5) is 0 Å². The van der Waals surface area contributed by atoms with Crippen molar-refractivity contribution in [1.29, 1.82) is 0 Å². The Morgan fingerprint density at radius 1 is 0.524 bits per heavy atom. The predicted octanol–water partition coefficient (Wildman–Crippen LogP) is 7.57. The molecule has 0 N–H and O–H groups in total. The Balaban J connectivity index is 3.93. The molecule has 0 heterocycles. The van der Waals surface area contributed by atoms with Gasteiger partial charge >= 0.3 is 0 Å². The molecule has 0 nitrogen and oxygen atoms in total. The first-order chi connectivity index (χ1) is 9.79. The molecule has 4 atom stereocenters. The second kappa shape index (κ2) is 11.6. The van der Waals surface area contributed by atoms with E-state index in [2.05, 4.69) is 55.4 Å². The third-order valence-corrected chi connectivity index (χ3v) is 6.02. The van der Waals surface area contributed by atoms with Crippen LogP contribution >= 0.6 is 0 Å². The third-order valence-electron chi connectivity index (χ3n) is 6.02. The van der Waals surface area contributed by atoms with Gasteiger partial charge in [0.15, 0.2) is 0 Å². The van der Waals surface area contributed by atoms with Crippen molar-refractivity contribution in [3.05, 3.63) is 0 Å². The molecule has 0 radical (unpaired) electrons. The van der Waals surface area contributed by atoms with Gasteiger partial charge in [0.2, 0.25) is 0 Å². The third kappa shape index (κ3) is 9.59. The van der Waals surface area contributed by atoms with Crippen LogP contribution in [0, 0.1) is 35.5 Å². The fourth-order valence-electron chi connectivity index (χ4n) is 3.31. The van der Waals surface area contributed by atoms with Crippen molar-refractivity contribution in [2.75, 3.05) is 0 Å². The van der Waals surface area contributed by atoms with Gasteiger partial charge in [-0.15, -0.1) is 0 Å². The molecule has 0 aromatic rings. The average Bonchev–Trinajstić information content (AvgIpc) is 2.42. The minimum absolute atomic E-state index is 0.841. The first-order valence-electron chi connectivity index (χ1n) is 9.79. The Kier molecular flexibility index (Phi) is 11.6.